The zero-order chi connectivity index (χ0) is 14.3. The Bertz CT molecular complexity index is 392. The maximum atomic E-state index is 8.57. The van der Waals surface area contributed by atoms with Gasteiger partial charge in [0.25, 0.3) is 0 Å². The van der Waals surface area contributed by atoms with Crippen LogP contribution in [0.1, 0.15) is 40.5 Å². The van der Waals surface area contributed by atoms with Crippen molar-refractivity contribution in [2.24, 2.45) is 4.99 Å². The number of rotatable bonds is 6. The van der Waals surface area contributed by atoms with Gasteiger partial charge in [0, 0.05) is 10.2 Å². The van der Waals surface area contributed by atoms with Gasteiger partial charge in [-0.2, -0.15) is 5.26 Å². The molecule has 2 nitrogen and oxygen atoms in total. The molecule has 0 saturated carbocycles. The standard InChI is InChI=1S/C13H20N2S4/c1-5-13(6-2)11(7-17-10(3)4)19-12(15-13)18-9-16-8-14/h7,10H,5-6,9H2,1-4H3. The third-order valence-corrected chi connectivity index (χ3v) is 6.95. The molecule has 1 aliphatic rings. The van der Waals surface area contributed by atoms with Gasteiger partial charge in [-0.25, -0.2) is 0 Å². The number of thioether (sulfide) groups is 4. The van der Waals surface area contributed by atoms with Gasteiger partial charge >= 0.3 is 0 Å². The van der Waals surface area contributed by atoms with Gasteiger partial charge in [0.15, 0.2) is 0 Å². The predicted molar refractivity (Wildman–Crippen MR) is 94.8 cm³/mol. The van der Waals surface area contributed by atoms with Crippen molar-refractivity contribution in [3.05, 3.63) is 10.3 Å². The Morgan fingerprint density at radius 2 is 2.11 bits per heavy atom. The molecule has 1 rings (SSSR count). The molecular weight excluding hydrogens is 312 g/mol. The molecule has 0 aromatic rings. The van der Waals surface area contributed by atoms with E-state index in [0.29, 0.717) is 5.25 Å². The Morgan fingerprint density at radius 3 is 2.63 bits per heavy atom. The fourth-order valence-electron chi connectivity index (χ4n) is 1.70. The highest BCUT2D eigenvalue weighted by molar-refractivity contribution is 8.43. The Labute approximate surface area is 133 Å². The minimum Gasteiger partial charge on any atom is -0.259 e. The van der Waals surface area contributed by atoms with Gasteiger partial charge in [-0.3, -0.25) is 4.99 Å². The molecule has 0 aromatic carbocycles. The molecule has 0 spiro atoms. The lowest BCUT2D eigenvalue weighted by atomic mass is 9.94. The largest absolute Gasteiger partial charge is 0.259 e. The highest BCUT2D eigenvalue weighted by Crippen LogP contribution is 2.48. The normalized spacial score (nSPS) is 19.8. The van der Waals surface area contributed by atoms with Crippen molar-refractivity contribution in [3.8, 4) is 5.40 Å². The molecule has 0 radical (unpaired) electrons. The van der Waals surface area contributed by atoms with Crippen molar-refractivity contribution in [2.45, 2.75) is 51.3 Å². The van der Waals surface area contributed by atoms with Crippen LogP contribution in [0.2, 0.25) is 0 Å². The Kier molecular flexibility index (Phi) is 7.81. The molecule has 1 aliphatic heterocycles. The monoisotopic (exact) mass is 332 g/mol. The third-order valence-electron chi connectivity index (χ3n) is 2.88. The van der Waals surface area contributed by atoms with Gasteiger partial charge in [-0.05, 0) is 30.0 Å². The first-order valence-electron chi connectivity index (χ1n) is 6.35. The molecule has 1 heterocycles. The van der Waals surface area contributed by atoms with Crippen LogP contribution in [-0.2, 0) is 0 Å². The molecule has 0 N–H and O–H groups in total. The first-order chi connectivity index (χ1) is 9.07. The maximum Gasteiger partial charge on any atom is 0.134 e. The molecule has 19 heavy (non-hydrogen) atoms. The van der Waals surface area contributed by atoms with Crippen LogP contribution in [0.3, 0.4) is 0 Å². The summed E-state index contributed by atoms with van der Waals surface area (Å²) >= 11 is 6.62. The van der Waals surface area contributed by atoms with Crippen molar-refractivity contribution < 1.29 is 0 Å². The van der Waals surface area contributed by atoms with Gasteiger partial charge in [0.05, 0.1) is 10.6 Å². The summed E-state index contributed by atoms with van der Waals surface area (Å²) in [5.74, 6) is 0. The minimum absolute atomic E-state index is 0.0216. The van der Waals surface area contributed by atoms with Crippen molar-refractivity contribution in [1.82, 2.24) is 0 Å². The minimum atomic E-state index is -0.0216. The second-order valence-corrected chi connectivity index (χ2v) is 9.21. The highest BCUT2D eigenvalue weighted by atomic mass is 32.2. The van der Waals surface area contributed by atoms with E-state index >= 15 is 0 Å². The summed E-state index contributed by atoms with van der Waals surface area (Å²) in [4.78, 5) is 6.30. The number of thiocyanates is 1. The molecule has 0 aromatic heterocycles. The van der Waals surface area contributed by atoms with E-state index in [0.717, 1.165) is 22.3 Å². The van der Waals surface area contributed by atoms with Crippen molar-refractivity contribution in [2.75, 3.05) is 5.08 Å². The van der Waals surface area contributed by atoms with Crippen molar-refractivity contribution in [1.29, 1.82) is 5.26 Å². The summed E-state index contributed by atoms with van der Waals surface area (Å²) in [6, 6.07) is 0. The van der Waals surface area contributed by atoms with Crippen molar-refractivity contribution in [3.63, 3.8) is 0 Å². The van der Waals surface area contributed by atoms with Crippen LogP contribution in [-0.4, -0.2) is 20.2 Å². The van der Waals surface area contributed by atoms with E-state index in [2.05, 4.69) is 38.5 Å². The van der Waals surface area contributed by atoms with Crippen LogP contribution in [0.5, 0.6) is 0 Å². The second kappa shape index (κ2) is 8.56. The molecule has 6 heteroatoms. The Morgan fingerprint density at radius 1 is 1.42 bits per heavy atom. The number of hydrogen-bond acceptors (Lipinski definition) is 6. The molecule has 0 fully saturated rings. The smallest absolute Gasteiger partial charge is 0.134 e. The highest BCUT2D eigenvalue weighted by Gasteiger charge is 2.37. The fraction of sp³-hybridized carbons (Fsp3) is 0.692. The van der Waals surface area contributed by atoms with E-state index in [1.807, 2.05) is 11.8 Å². The molecule has 0 saturated heterocycles. The zero-order valence-electron chi connectivity index (χ0n) is 11.8. The summed E-state index contributed by atoms with van der Waals surface area (Å²) in [6.45, 7) is 8.83. The van der Waals surface area contributed by atoms with Crippen LogP contribution in [0.4, 0.5) is 0 Å². The lowest BCUT2D eigenvalue weighted by Gasteiger charge is -2.24. The van der Waals surface area contributed by atoms with Crippen LogP contribution < -0.4 is 0 Å². The lowest BCUT2D eigenvalue weighted by Crippen LogP contribution is -2.22. The molecular formula is C13H20N2S4. The summed E-state index contributed by atoms with van der Waals surface area (Å²) in [5.41, 5.74) is -0.0216. The number of nitriles is 1. The number of aliphatic imine (C=N–C) groups is 1. The van der Waals surface area contributed by atoms with Crippen LogP contribution >= 0.6 is 47.0 Å². The van der Waals surface area contributed by atoms with E-state index in [1.54, 1.807) is 23.5 Å². The topological polar surface area (TPSA) is 36.1 Å². The van der Waals surface area contributed by atoms with E-state index < -0.39 is 0 Å². The third kappa shape index (κ3) is 4.96. The van der Waals surface area contributed by atoms with Crippen LogP contribution in [0.15, 0.2) is 15.3 Å². The Balaban J connectivity index is 2.79. The first kappa shape index (κ1) is 17.4. The first-order valence-corrected chi connectivity index (χ1v) is 10.1. The Hall–Kier alpha value is 0.300. The van der Waals surface area contributed by atoms with E-state index in [4.69, 9.17) is 10.3 Å². The maximum absolute atomic E-state index is 8.57. The number of hydrogen-bond donors (Lipinski definition) is 0. The molecule has 0 bridgehead atoms. The van der Waals surface area contributed by atoms with E-state index in [1.165, 1.54) is 16.7 Å². The molecule has 106 valence electrons. The van der Waals surface area contributed by atoms with E-state index in [9.17, 15) is 0 Å². The number of nitrogens with zero attached hydrogens (tertiary/aromatic N) is 2. The summed E-state index contributed by atoms with van der Waals surface area (Å²) in [5, 5.41) is 14.3. The molecule has 0 amide bonds. The van der Waals surface area contributed by atoms with Gasteiger partial charge in [0.2, 0.25) is 0 Å². The molecule has 0 atom stereocenters. The quantitative estimate of drug-likeness (QED) is 0.363. The second-order valence-electron chi connectivity index (χ2n) is 4.38. The predicted octanol–water partition coefficient (Wildman–Crippen LogP) is 5.54. The lowest BCUT2D eigenvalue weighted by molar-refractivity contribution is 0.496. The zero-order valence-corrected chi connectivity index (χ0v) is 15.1. The van der Waals surface area contributed by atoms with Crippen LogP contribution in [0, 0.1) is 10.7 Å². The summed E-state index contributed by atoms with van der Waals surface area (Å²) in [6.07, 6.45) is 2.08. The van der Waals surface area contributed by atoms with E-state index in [-0.39, 0.29) is 5.54 Å². The average molecular weight is 333 g/mol. The van der Waals surface area contributed by atoms with Gasteiger partial charge in [0.1, 0.15) is 9.78 Å². The molecule has 0 unspecified atom stereocenters. The van der Waals surface area contributed by atoms with Gasteiger partial charge < -0.3 is 0 Å². The van der Waals surface area contributed by atoms with Gasteiger partial charge in [-0.1, -0.05) is 51.2 Å². The van der Waals surface area contributed by atoms with Crippen molar-refractivity contribution >= 4 is 51.4 Å². The molecule has 0 aliphatic carbocycles. The SMILES string of the molecule is CCC1(CC)N=C(SCSC#N)SC1=CSC(C)C. The summed E-state index contributed by atoms with van der Waals surface area (Å²) < 4.78 is 1.11. The van der Waals surface area contributed by atoms with Crippen LogP contribution in [0.25, 0.3) is 0 Å². The summed E-state index contributed by atoms with van der Waals surface area (Å²) in [7, 11) is 0. The fourth-order valence-corrected chi connectivity index (χ4v) is 5.63. The average Bonchev–Trinajstić information content (AvgIpc) is 2.75. The van der Waals surface area contributed by atoms with Gasteiger partial charge in [-0.15, -0.1) is 11.8 Å².